The van der Waals surface area contributed by atoms with Crippen LogP contribution in [0.15, 0.2) is 47.5 Å². The smallest absolute Gasteiger partial charge is 0.335 e. The Labute approximate surface area is 180 Å². The zero-order valence-electron chi connectivity index (χ0n) is 15.4. The van der Waals surface area contributed by atoms with Gasteiger partial charge in [0.1, 0.15) is 0 Å². The van der Waals surface area contributed by atoms with Gasteiger partial charge >= 0.3 is 11.9 Å². The number of benzene rings is 2. The van der Waals surface area contributed by atoms with Crippen molar-refractivity contribution in [1.29, 1.82) is 0 Å². The van der Waals surface area contributed by atoms with Crippen molar-refractivity contribution in [3.8, 4) is 0 Å². The molecule has 4 nitrogen and oxygen atoms in total. The van der Waals surface area contributed by atoms with Crippen LogP contribution in [0.1, 0.15) is 45.2 Å². The molecule has 6 heteroatoms. The second-order valence-corrected chi connectivity index (χ2v) is 7.91. The maximum Gasteiger partial charge on any atom is 0.335 e. The van der Waals surface area contributed by atoms with Gasteiger partial charge in [0.2, 0.25) is 0 Å². The van der Waals surface area contributed by atoms with Crippen molar-refractivity contribution in [2.45, 2.75) is 22.5 Å². The Balaban J connectivity index is 2.15. The lowest BCUT2D eigenvalue weighted by Crippen LogP contribution is -2.36. The fourth-order valence-corrected chi connectivity index (χ4v) is 5.55. The van der Waals surface area contributed by atoms with E-state index in [0.717, 1.165) is 33.4 Å². The van der Waals surface area contributed by atoms with Crippen LogP contribution in [0.25, 0.3) is 0 Å². The quantitative estimate of drug-likeness (QED) is 0.446. The zero-order valence-corrected chi connectivity index (χ0v) is 18.6. The SMILES string of the molecule is COC(=O)C1=C(C(=O)OC)C2c3ccccc3C1c1c(CBr)ccc(CBr)c12. The van der Waals surface area contributed by atoms with Crippen LogP contribution < -0.4 is 0 Å². The Morgan fingerprint density at radius 1 is 0.786 bits per heavy atom. The predicted octanol–water partition coefficient (Wildman–Crippen LogP) is 4.71. The second kappa shape index (κ2) is 7.48. The summed E-state index contributed by atoms with van der Waals surface area (Å²) >= 11 is 7.18. The van der Waals surface area contributed by atoms with Gasteiger partial charge in [-0.25, -0.2) is 9.59 Å². The summed E-state index contributed by atoms with van der Waals surface area (Å²) in [5, 5.41) is 1.32. The third kappa shape index (κ3) is 2.61. The summed E-state index contributed by atoms with van der Waals surface area (Å²) in [5.74, 6) is -1.69. The predicted molar refractivity (Wildman–Crippen MR) is 113 cm³/mol. The summed E-state index contributed by atoms with van der Waals surface area (Å²) < 4.78 is 10.2. The molecular formula is C22H18Br2O4. The van der Waals surface area contributed by atoms with Crippen LogP contribution in [0.5, 0.6) is 0 Å². The first-order valence-corrected chi connectivity index (χ1v) is 11.1. The molecule has 5 rings (SSSR count). The van der Waals surface area contributed by atoms with E-state index in [2.05, 4.69) is 44.0 Å². The average Bonchev–Trinajstić information content (AvgIpc) is 2.76. The lowest BCUT2D eigenvalue weighted by atomic mass is 9.59. The number of alkyl halides is 2. The number of ether oxygens (including phenoxy) is 2. The molecule has 0 saturated heterocycles. The van der Waals surface area contributed by atoms with Gasteiger partial charge < -0.3 is 9.47 Å². The summed E-state index contributed by atoms with van der Waals surface area (Å²) in [7, 11) is 2.69. The van der Waals surface area contributed by atoms with Crippen molar-refractivity contribution in [2.75, 3.05) is 14.2 Å². The van der Waals surface area contributed by atoms with Crippen LogP contribution in [0.3, 0.4) is 0 Å². The number of rotatable bonds is 4. The fourth-order valence-electron chi connectivity index (χ4n) is 4.58. The van der Waals surface area contributed by atoms with Crippen LogP contribution in [-0.2, 0) is 29.7 Å². The minimum atomic E-state index is -0.486. The summed E-state index contributed by atoms with van der Waals surface area (Å²) in [4.78, 5) is 25.7. The highest BCUT2D eigenvalue weighted by Gasteiger charge is 2.49. The molecule has 2 atom stereocenters. The molecule has 0 N–H and O–H groups in total. The summed E-state index contributed by atoms with van der Waals surface area (Å²) in [6.45, 7) is 0. The molecule has 2 unspecified atom stereocenters. The number of methoxy groups -OCH3 is 2. The Bertz CT molecular complexity index is 945. The lowest BCUT2D eigenvalue weighted by Gasteiger charge is -2.43. The van der Waals surface area contributed by atoms with Gasteiger partial charge in [0, 0.05) is 22.5 Å². The Morgan fingerprint density at radius 3 is 1.50 bits per heavy atom. The maximum atomic E-state index is 12.9. The molecule has 0 spiro atoms. The van der Waals surface area contributed by atoms with Crippen molar-refractivity contribution in [3.63, 3.8) is 0 Å². The third-order valence-corrected chi connectivity index (χ3v) is 6.84. The molecule has 0 aromatic heterocycles. The number of hydrogen-bond donors (Lipinski definition) is 0. The standard InChI is InChI=1S/C22H18Br2O4/c1-27-21(25)19-17-13-5-3-4-6-14(13)18(20(19)22(26)28-2)16-12(10-24)8-7-11(9-23)15(16)17/h3-8,17-18H,9-10H2,1-2H3. The molecule has 0 aliphatic heterocycles. The molecule has 2 bridgehead atoms. The molecule has 3 aliphatic rings. The van der Waals surface area contributed by atoms with E-state index in [0.29, 0.717) is 21.8 Å². The third-order valence-electron chi connectivity index (χ3n) is 5.63. The van der Waals surface area contributed by atoms with Crippen molar-refractivity contribution < 1.29 is 19.1 Å². The molecule has 0 heterocycles. The summed E-state index contributed by atoms with van der Waals surface area (Å²) in [5.41, 5.74) is 7.25. The maximum absolute atomic E-state index is 12.9. The van der Waals surface area contributed by atoms with Crippen LogP contribution in [-0.4, -0.2) is 26.2 Å². The van der Waals surface area contributed by atoms with Crippen molar-refractivity contribution >= 4 is 43.8 Å². The topological polar surface area (TPSA) is 52.6 Å². The number of hydrogen-bond acceptors (Lipinski definition) is 4. The van der Waals surface area contributed by atoms with Gasteiger partial charge in [-0.15, -0.1) is 0 Å². The van der Waals surface area contributed by atoms with Crippen LogP contribution in [0.2, 0.25) is 0 Å². The Hall–Kier alpha value is -1.92. The van der Waals surface area contributed by atoms with E-state index >= 15 is 0 Å². The molecule has 2 aromatic rings. The fraction of sp³-hybridized carbons (Fsp3) is 0.273. The average molecular weight is 506 g/mol. The van der Waals surface area contributed by atoms with E-state index in [9.17, 15) is 9.59 Å². The first-order valence-electron chi connectivity index (χ1n) is 8.84. The molecule has 0 saturated carbocycles. The highest BCUT2D eigenvalue weighted by Crippen LogP contribution is 2.58. The molecule has 3 aliphatic carbocycles. The van der Waals surface area contributed by atoms with Gasteiger partial charge in [-0.1, -0.05) is 68.3 Å². The largest absolute Gasteiger partial charge is 0.466 e. The molecule has 0 amide bonds. The van der Waals surface area contributed by atoms with E-state index < -0.39 is 11.9 Å². The van der Waals surface area contributed by atoms with Gasteiger partial charge in [0.25, 0.3) is 0 Å². The summed E-state index contributed by atoms with van der Waals surface area (Å²) in [6.07, 6.45) is 0. The van der Waals surface area contributed by atoms with Gasteiger partial charge in [-0.3, -0.25) is 0 Å². The first-order chi connectivity index (χ1) is 13.6. The van der Waals surface area contributed by atoms with Gasteiger partial charge in [0.05, 0.1) is 25.4 Å². The molecule has 28 heavy (non-hydrogen) atoms. The Morgan fingerprint density at radius 2 is 1.18 bits per heavy atom. The first kappa shape index (κ1) is 19.4. The van der Waals surface area contributed by atoms with E-state index in [1.54, 1.807) is 0 Å². The number of esters is 2. The summed E-state index contributed by atoms with van der Waals surface area (Å²) in [6, 6.07) is 12.2. The number of carbonyl (C=O) groups excluding carboxylic acids is 2. The normalized spacial score (nSPS) is 19.1. The minimum Gasteiger partial charge on any atom is -0.466 e. The number of halogens is 2. The monoisotopic (exact) mass is 504 g/mol. The van der Waals surface area contributed by atoms with Gasteiger partial charge in [0.15, 0.2) is 0 Å². The zero-order chi connectivity index (χ0) is 20.0. The molecule has 0 fully saturated rings. The van der Waals surface area contributed by atoms with E-state index in [-0.39, 0.29) is 11.8 Å². The van der Waals surface area contributed by atoms with E-state index in [1.165, 1.54) is 14.2 Å². The highest BCUT2D eigenvalue weighted by molar-refractivity contribution is 9.08. The van der Waals surface area contributed by atoms with Crippen molar-refractivity contribution in [2.24, 2.45) is 0 Å². The van der Waals surface area contributed by atoms with Crippen LogP contribution in [0, 0.1) is 0 Å². The lowest BCUT2D eigenvalue weighted by molar-refractivity contribution is -0.140. The van der Waals surface area contributed by atoms with E-state index in [1.807, 2.05) is 24.3 Å². The number of carbonyl (C=O) groups is 2. The Kier molecular flexibility index (Phi) is 5.19. The molecular weight excluding hydrogens is 488 g/mol. The van der Waals surface area contributed by atoms with Crippen molar-refractivity contribution in [3.05, 3.63) is 80.9 Å². The van der Waals surface area contributed by atoms with Crippen LogP contribution >= 0.6 is 31.9 Å². The van der Waals surface area contributed by atoms with E-state index in [4.69, 9.17) is 9.47 Å². The second-order valence-electron chi connectivity index (χ2n) is 6.78. The highest BCUT2D eigenvalue weighted by atomic mass is 79.9. The van der Waals surface area contributed by atoms with Crippen LogP contribution in [0.4, 0.5) is 0 Å². The minimum absolute atomic E-state index is 0.357. The molecule has 2 aromatic carbocycles. The molecule has 0 radical (unpaired) electrons. The molecule has 144 valence electrons. The van der Waals surface area contributed by atoms with Gasteiger partial charge in [-0.05, 0) is 33.4 Å². The van der Waals surface area contributed by atoms with Crippen molar-refractivity contribution in [1.82, 2.24) is 0 Å². The van der Waals surface area contributed by atoms with Gasteiger partial charge in [-0.2, -0.15) is 0 Å².